The molecule has 154 valence electrons. The van der Waals surface area contributed by atoms with E-state index < -0.39 is 0 Å². The number of aromatic nitrogens is 2. The average molecular weight is 435 g/mol. The molecule has 0 aliphatic carbocycles. The lowest BCUT2D eigenvalue weighted by atomic mass is 10.1. The molecule has 8 heteroatoms. The number of hydrogen-bond acceptors (Lipinski definition) is 4. The zero-order valence-electron chi connectivity index (χ0n) is 16.4. The lowest BCUT2D eigenvalue weighted by Crippen LogP contribution is -2.35. The van der Waals surface area contributed by atoms with Crippen LogP contribution in [-0.2, 0) is 7.05 Å². The molecule has 1 aliphatic rings. The number of ether oxygens (including phenoxy) is 1. The summed E-state index contributed by atoms with van der Waals surface area (Å²) >= 11 is 6.23. The van der Waals surface area contributed by atoms with Crippen molar-refractivity contribution in [2.45, 2.75) is 19.3 Å². The molecule has 2 aromatic heterocycles. The Balaban J connectivity index is 0.00000240. The maximum Gasteiger partial charge on any atom is 0.257 e. The van der Waals surface area contributed by atoms with Crippen LogP contribution >= 0.6 is 24.0 Å². The summed E-state index contributed by atoms with van der Waals surface area (Å²) in [5.74, 6) is 1.36. The summed E-state index contributed by atoms with van der Waals surface area (Å²) in [5.41, 5.74) is 2.33. The number of benzene rings is 1. The summed E-state index contributed by atoms with van der Waals surface area (Å²) in [7, 11) is 3.53. The van der Waals surface area contributed by atoms with E-state index >= 15 is 0 Å². The summed E-state index contributed by atoms with van der Waals surface area (Å²) in [6.07, 6.45) is 6.94. The van der Waals surface area contributed by atoms with E-state index in [1.807, 2.05) is 34.8 Å². The van der Waals surface area contributed by atoms with Gasteiger partial charge >= 0.3 is 0 Å². The Morgan fingerprint density at radius 1 is 1.21 bits per heavy atom. The van der Waals surface area contributed by atoms with Crippen LogP contribution in [0.4, 0.5) is 11.5 Å². The van der Waals surface area contributed by atoms with E-state index in [-0.39, 0.29) is 18.3 Å². The van der Waals surface area contributed by atoms with Gasteiger partial charge in [-0.15, -0.1) is 12.4 Å². The fourth-order valence-corrected chi connectivity index (χ4v) is 3.98. The predicted molar refractivity (Wildman–Crippen MR) is 119 cm³/mol. The van der Waals surface area contributed by atoms with E-state index in [1.54, 1.807) is 25.4 Å². The molecule has 0 radical (unpaired) electrons. The normalized spacial score (nSPS) is 13.8. The number of carbonyl (C=O) groups is 1. The zero-order valence-corrected chi connectivity index (χ0v) is 18.0. The Hall–Kier alpha value is -2.44. The number of anilines is 2. The van der Waals surface area contributed by atoms with Crippen molar-refractivity contribution in [1.29, 1.82) is 0 Å². The number of hydrogen-bond donors (Lipinski definition) is 1. The van der Waals surface area contributed by atoms with Gasteiger partial charge in [-0.1, -0.05) is 11.6 Å². The van der Waals surface area contributed by atoms with Crippen LogP contribution in [0.5, 0.6) is 5.75 Å². The van der Waals surface area contributed by atoms with Crippen molar-refractivity contribution in [3.63, 3.8) is 0 Å². The van der Waals surface area contributed by atoms with Crippen LogP contribution in [0.15, 0.2) is 36.7 Å². The van der Waals surface area contributed by atoms with Crippen LogP contribution in [0, 0.1) is 0 Å². The van der Waals surface area contributed by atoms with Crippen molar-refractivity contribution in [1.82, 2.24) is 14.5 Å². The van der Waals surface area contributed by atoms with E-state index in [1.165, 1.54) is 6.42 Å². The van der Waals surface area contributed by atoms with Crippen LogP contribution in [0.3, 0.4) is 0 Å². The summed E-state index contributed by atoms with van der Waals surface area (Å²) < 4.78 is 7.18. The summed E-state index contributed by atoms with van der Waals surface area (Å²) in [4.78, 5) is 19.6. The first-order chi connectivity index (χ1) is 13.6. The second-order valence-electron chi connectivity index (χ2n) is 7.04. The van der Waals surface area contributed by atoms with Crippen molar-refractivity contribution in [2.75, 3.05) is 25.5 Å². The first-order valence-corrected chi connectivity index (χ1v) is 9.80. The zero-order chi connectivity index (χ0) is 19.7. The Morgan fingerprint density at radius 3 is 2.66 bits per heavy atom. The second-order valence-corrected chi connectivity index (χ2v) is 7.44. The van der Waals surface area contributed by atoms with Gasteiger partial charge in [-0.05, 0) is 43.5 Å². The van der Waals surface area contributed by atoms with Crippen molar-refractivity contribution in [3.05, 3.63) is 47.2 Å². The highest BCUT2D eigenvalue weighted by atomic mass is 35.5. The fraction of sp³-hybridized carbons (Fsp3) is 0.333. The number of methoxy groups -OCH3 is 1. The first kappa shape index (κ1) is 21.3. The Bertz CT molecular complexity index is 1030. The van der Waals surface area contributed by atoms with E-state index in [0.717, 1.165) is 42.5 Å². The van der Waals surface area contributed by atoms with E-state index in [4.69, 9.17) is 16.3 Å². The molecule has 1 aromatic carbocycles. The molecule has 0 saturated carbocycles. The van der Waals surface area contributed by atoms with Gasteiger partial charge in [-0.25, -0.2) is 4.98 Å². The molecule has 1 amide bonds. The van der Waals surface area contributed by atoms with Crippen LogP contribution in [0.2, 0.25) is 5.02 Å². The molecule has 1 fully saturated rings. The minimum absolute atomic E-state index is 0. The molecule has 1 N–H and O–H groups in total. The predicted octanol–water partition coefficient (Wildman–Crippen LogP) is 5.03. The molecule has 6 nitrogen and oxygen atoms in total. The Kier molecular flexibility index (Phi) is 6.55. The molecule has 29 heavy (non-hydrogen) atoms. The molecular formula is C21H24Cl2N4O2. The lowest BCUT2D eigenvalue weighted by Gasteiger charge is -2.27. The quantitative estimate of drug-likeness (QED) is 0.625. The monoisotopic (exact) mass is 434 g/mol. The molecule has 1 aliphatic heterocycles. The maximum atomic E-state index is 13.1. The van der Waals surface area contributed by atoms with Gasteiger partial charge in [0.2, 0.25) is 0 Å². The summed E-state index contributed by atoms with van der Waals surface area (Å²) in [6, 6.07) is 7.46. The number of amides is 1. The van der Waals surface area contributed by atoms with Crippen LogP contribution in [-0.4, -0.2) is 40.6 Å². The number of halogens is 2. The van der Waals surface area contributed by atoms with Crippen molar-refractivity contribution in [2.24, 2.45) is 7.05 Å². The average Bonchev–Trinajstić information content (AvgIpc) is 3.11. The van der Waals surface area contributed by atoms with Crippen molar-refractivity contribution in [3.8, 4) is 5.75 Å². The van der Waals surface area contributed by atoms with Crippen LogP contribution < -0.4 is 10.1 Å². The maximum absolute atomic E-state index is 13.1. The topological polar surface area (TPSA) is 59.4 Å². The van der Waals surface area contributed by atoms with Gasteiger partial charge in [0.25, 0.3) is 5.91 Å². The SMILES string of the molecule is COc1ccc(Nc2ncc(C(=O)N3CCCCC3)c3c2ccn3C)cc1Cl.Cl. The standard InChI is InChI=1S/C21H23ClN4O2.ClH/c1-25-11-8-15-19(25)16(21(27)26-9-4-3-5-10-26)13-23-20(15)24-14-6-7-18(28-2)17(22)12-14;/h6-8,11-13H,3-5,9-10H2,1-2H3,(H,23,24);1H. The van der Waals surface area contributed by atoms with Gasteiger partial charge in [-0.3, -0.25) is 4.79 Å². The molecule has 1 saturated heterocycles. The number of nitrogens with zero attached hydrogens (tertiary/aromatic N) is 3. The number of fused-ring (bicyclic) bond motifs is 1. The number of pyridine rings is 1. The summed E-state index contributed by atoms with van der Waals surface area (Å²) in [6.45, 7) is 1.63. The molecule has 0 unspecified atom stereocenters. The Morgan fingerprint density at radius 2 is 1.97 bits per heavy atom. The van der Waals surface area contributed by atoms with Gasteiger partial charge in [0.1, 0.15) is 11.6 Å². The largest absolute Gasteiger partial charge is 0.495 e. The van der Waals surface area contributed by atoms with Gasteiger partial charge in [-0.2, -0.15) is 0 Å². The molecule has 0 bridgehead atoms. The van der Waals surface area contributed by atoms with Crippen LogP contribution in [0.25, 0.3) is 10.9 Å². The van der Waals surface area contributed by atoms with Crippen LogP contribution in [0.1, 0.15) is 29.6 Å². The molecule has 4 rings (SSSR count). The third-order valence-corrected chi connectivity index (χ3v) is 5.49. The number of rotatable bonds is 4. The third-order valence-electron chi connectivity index (χ3n) is 5.19. The number of carbonyl (C=O) groups excluding carboxylic acids is 1. The van der Waals surface area contributed by atoms with Gasteiger partial charge in [0.05, 0.1) is 23.2 Å². The Labute approximate surface area is 181 Å². The minimum Gasteiger partial charge on any atom is -0.495 e. The summed E-state index contributed by atoms with van der Waals surface area (Å²) in [5, 5.41) is 4.73. The fourth-order valence-electron chi connectivity index (χ4n) is 3.72. The highest BCUT2D eigenvalue weighted by Crippen LogP contribution is 2.32. The second kappa shape index (κ2) is 8.93. The van der Waals surface area contributed by atoms with Crippen molar-refractivity contribution >= 4 is 52.3 Å². The lowest BCUT2D eigenvalue weighted by molar-refractivity contribution is 0.0725. The first-order valence-electron chi connectivity index (χ1n) is 9.42. The molecule has 3 heterocycles. The smallest absolute Gasteiger partial charge is 0.257 e. The highest BCUT2D eigenvalue weighted by molar-refractivity contribution is 6.32. The number of aryl methyl sites for hydroxylation is 1. The minimum atomic E-state index is 0. The number of nitrogens with one attached hydrogen (secondary N) is 1. The molecule has 0 atom stereocenters. The van der Waals surface area contributed by atoms with Gasteiger partial charge in [0, 0.05) is 43.6 Å². The number of likely N-dealkylation sites (tertiary alicyclic amines) is 1. The molecular weight excluding hydrogens is 411 g/mol. The van der Waals surface area contributed by atoms with Crippen molar-refractivity contribution < 1.29 is 9.53 Å². The molecule has 3 aromatic rings. The van der Waals surface area contributed by atoms with Gasteiger partial charge in [0.15, 0.2) is 0 Å². The third kappa shape index (κ3) is 4.14. The number of piperidine rings is 1. The highest BCUT2D eigenvalue weighted by Gasteiger charge is 2.23. The van der Waals surface area contributed by atoms with E-state index in [2.05, 4.69) is 10.3 Å². The molecule has 0 spiro atoms. The van der Waals surface area contributed by atoms with E-state index in [0.29, 0.717) is 22.2 Å². The van der Waals surface area contributed by atoms with E-state index in [9.17, 15) is 4.79 Å². The van der Waals surface area contributed by atoms with Gasteiger partial charge < -0.3 is 19.5 Å².